The van der Waals surface area contributed by atoms with E-state index in [-0.39, 0.29) is 5.92 Å². The lowest BCUT2D eigenvalue weighted by Crippen LogP contribution is -2.25. The molecular weight excluding hydrogens is 260 g/mol. The third kappa shape index (κ3) is 4.09. The minimum Gasteiger partial charge on any atom is -0.496 e. The molecular formula is C19H28O2. The number of rotatable bonds is 5. The van der Waals surface area contributed by atoms with Crippen LogP contribution >= 0.6 is 0 Å². The lowest BCUT2D eigenvalue weighted by Gasteiger charge is -2.30. The predicted molar refractivity (Wildman–Crippen MR) is 86.7 cm³/mol. The summed E-state index contributed by atoms with van der Waals surface area (Å²) in [5, 5.41) is 0. The van der Waals surface area contributed by atoms with Gasteiger partial charge in [-0.2, -0.15) is 0 Å². The molecule has 2 nitrogen and oxygen atoms in total. The molecule has 21 heavy (non-hydrogen) atoms. The molecule has 0 bridgehead atoms. The monoisotopic (exact) mass is 288 g/mol. The predicted octanol–water partition coefficient (Wildman–Crippen LogP) is 4.58. The second-order valence-corrected chi connectivity index (χ2v) is 6.81. The zero-order valence-electron chi connectivity index (χ0n) is 13.8. The Morgan fingerprint density at radius 1 is 1.24 bits per heavy atom. The lowest BCUT2D eigenvalue weighted by molar-refractivity contribution is -0.123. The number of aryl methyl sites for hydroxylation is 1. The molecule has 116 valence electrons. The molecule has 0 heterocycles. The van der Waals surface area contributed by atoms with Crippen LogP contribution < -0.4 is 4.74 Å². The number of ether oxygens (including phenoxy) is 1. The minimum absolute atomic E-state index is 0.255. The standard InChI is InChI=1S/C19H28O2/c1-13(2)15-6-8-16(9-7-15)18(20)12-17-11-14(3)5-10-19(17)21-4/h5,10-11,13,15-16H,6-9,12H2,1-4H3. The maximum atomic E-state index is 12.6. The van der Waals surface area contributed by atoms with Crippen LogP contribution in [0.1, 0.15) is 50.7 Å². The van der Waals surface area contributed by atoms with Gasteiger partial charge in [0.1, 0.15) is 11.5 Å². The molecule has 0 atom stereocenters. The van der Waals surface area contributed by atoms with Gasteiger partial charge in [0.25, 0.3) is 0 Å². The topological polar surface area (TPSA) is 26.3 Å². The van der Waals surface area contributed by atoms with Crippen LogP contribution in [0.3, 0.4) is 0 Å². The quantitative estimate of drug-likeness (QED) is 0.793. The van der Waals surface area contributed by atoms with Gasteiger partial charge in [-0.3, -0.25) is 4.79 Å². The summed E-state index contributed by atoms with van der Waals surface area (Å²) in [5.41, 5.74) is 2.22. The van der Waals surface area contributed by atoms with E-state index >= 15 is 0 Å². The summed E-state index contributed by atoms with van der Waals surface area (Å²) in [6.07, 6.45) is 5.06. The molecule has 1 aromatic rings. The van der Waals surface area contributed by atoms with Crippen LogP contribution in [0.25, 0.3) is 0 Å². The number of Topliss-reactive ketones (excluding diaryl/α,β-unsaturated/α-hetero) is 1. The van der Waals surface area contributed by atoms with Crippen molar-refractivity contribution in [2.24, 2.45) is 17.8 Å². The van der Waals surface area contributed by atoms with Crippen molar-refractivity contribution < 1.29 is 9.53 Å². The van der Waals surface area contributed by atoms with Gasteiger partial charge in [0.15, 0.2) is 0 Å². The van der Waals surface area contributed by atoms with Gasteiger partial charge in [-0.05, 0) is 50.5 Å². The van der Waals surface area contributed by atoms with E-state index in [0.29, 0.717) is 12.2 Å². The van der Waals surface area contributed by atoms with E-state index in [4.69, 9.17) is 4.74 Å². The number of hydrogen-bond donors (Lipinski definition) is 0. The molecule has 0 spiro atoms. The van der Waals surface area contributed by atoms with Gasteiger partial charge in [-0.15, -0.1) is 0 Å². The van der Waals surface area contributed by atoms with Crippen molar-refractivity contribution in [1.29, 1.82) is 0 Å². The minimum atomic E-state index is 0.255. The normalized spacial score (nSPS) is 22.3. The SMILES string of the molecule is COc1ccc(C)cc1CC(=O)C1CCC(C(C)C)CC1. The zero-order chi connectivity index (χ0) is 15.4. The van der Waals surface area contributed by atoms with Gasteiger partial charge in [0.2, 0.25) is 0 Å². The van der Waals surface area contributed by atoms with Gasteiger partial charge in [-0.1, -0.05) is 31.5 Å². The largest absolute Gasteiger partial charge is 0.496 e. The summed E-state index contributed by atoms with van der Waals surface area (Å²) < 4.78 is 5.38. The summed E-state index contributed by atoms with van der Waals surface area (Å²) in [7, 11) is 1.67. The third-order valence-corrected chi connectivity index (χ3v) is 4.97. The van der Waals surface area contributed by atoms with Crippen LogP contribution in [0.2, 0.25) is 0 Å². The van der Waals surface area contributed by atoms with Crippen LogP contribution in [0.15, 0.2) is 18.2 Å². The molecule has 2 heteroatoms. The molecule has 0 aromatic heterocycles. The fourth-order valence-corrected chi connectivity index (χ4v) is 3.49. The van der Waals surface area contributed by atoms with Gasteiger partial charge in [0, 0.05) is 17.9 Å². The number of carbonyl (C=O) groups is 1. The first-order valence-corrected chi connectivity index (χ1v) is 8.17. The highest BCUT2D eigenvalue weighted by Gasteiger charge is 2.27. The number of benzene rings is 1. The van der Waals surface area contributed by atoms with Crippen molar-refractivity contribution in [3.63, 3.8) is 0 Å². The van der Waals surface area contributed by atoms with Crippen molar-refractivity contribution in [2.45, 2.75) is 52.9 Å². The van der Waals surface area contributed by atoms with E-state index in [1.165, 1.54) is 18.4 Å². The first kappa shape index (κ1) is 16.1. The van der Waals surface area contributed by atoms with Crippen molar-refractivity contribution in [3.8, 4) is 5.75 Å². The Bertz CT molecular complexity index is 482. The molecule has 0 unspecified atom stereocenters. The highest BCUT2D eigenvalue weighted by atomic mass is 16.5. The number of methoxy groups -OCH3 is 1. The fourth-order valence-electron chi connectivity index (χ4n) is 3.49. The van der Waals surface area contributed by atoms with E-state index in [9.17, 15) is 4.79 Å². The Labute approximate surface area is 128 Å². The van der Waals surface area contributed by atoms with Crippen molar-refractivity contribution >= 4 is 5.78 Å². The van der Waals surface area contributed by atoms with E-state index in [2.05, 4.69) is 26.8 Å². The molecule has 0 aliphatic heterocycles. The first-order valence-electron chi connectivity index (χ1n) is 8.17. The molecule has 1 aliphatic rings. The van der Waals surface area contributed by atoms with E-state index in [1.54, 1.807) is 7.11 Å². The van der Waals surface area contributed by atoms with Crippen molar-refractivity contribution in [1.82, 2.24) is 0 Å². The number of hydrogen-bond acceptors (Lipinski definition) is 2. The molecule has 0 saturated heterocycles. The van der Waals surface area contributed by atoms with Crippen LogP contribution in [0.4, 0.5) is 0 Å². The Morgan fingerprint density at radius 3 is 2.48 bits per heavy atom. The number of carbonyl (C=O) groups excluding carboxylic acids is 1. The van der Waals surface area contributed by atoms with E-state index in [1.807, 2.05) is 12.1 Å². The average molecular weight is 288 g/mol. The van der Waals surface area contributed by atoms with Crippen LogP contribution in [0.5, 0.6) is 5.75 Å². The molecule has 1 fully saturated rings. The molecule has 2 rings (SSSR count). The van der Waals surface area contributed by atoms with E-state index < -0.39 is 0 Å². The Kier molecular flexibility index (Phi) is 5.44. The van der Waals surface area contributed by atoms with Crippen LogP contribution in [-0.2, 0) is 11.2 Å². The van der Waals surface area contributed by atoms with Crippen molar-refractivity contribution in [2.75, 3.05) is 7.11 Å². The Hall–Kier alpha value is -1.31. The van der Waals surface area contributed by atoms with Gasteiger partial charge in [-0.25, -0.2) is 0 Å². The molecule has 0 N–H and O–H groups in total. The fraction of sp³-hybridized carbons (Fsp3) is 0.632. The highest BCUT2D eigenvalue weighted by molar-refractivity contribution is 5.84. The summed E-state index contributed by atoms with van der Waals surface area (Å²) in [6, 6.07) is 6.07. The zero-order valence-corrected chi connectivity index (χ0v) is 13.8. The maximum absolute atomic E-state index is 12.6. The Balaban J connectivity index is 1.98. The molecule has 0 radical (unpaired) electrons. The van der Waals surface area contributed by atoms with Crippen LogP contribution in [-0.4, -0.2) is 12.9 Å². The molecule has 1 saturated carbocycles. The second-order valence-electron chi connectivity index (χ2n) is 6.81. The lowest BCUT2D eigenvalue weighted by atomic mass is 9.75. The first-order chi connectivity index (χ1) is 10.0. The summed E-state index contributed by atoms with van der Waals surface area (Å²) in [4.78, 5) is 12.6. The third-order valence-electron chi connectivity index (χ3n) is 4.97. The Morgan fingerprint density at radius 2 is 1.90 bits per heavy atom. The van der Waals surface area contributed by atoms with Crippen LogP contribution in [0, 0.1) is 24.7 Å². The summed E-state index contributed by atoms with van der Waals surface area (Å²) in [5.74, 6) is 3.04. The van der Waals surface area contributed by atoms with E-state index in [0.717, 1.165) is 36.0 Å². The molecule has 0 amide bonds. The van der Waals surface area contributed by atoms with Gasteiger partial charge < -0.3 is 4.74 Å². The molecule has 1 aliphatic carbocycles. The summed E-state index contributed by atoms with van der Waals surface area (Å²) in [6.45, 7) is 6.65. The maximum Gasteiger partial charge on any atom is 0.140 e. The molecule has 1 aromatic carbocycles. The second kappa shape index (κ2) is 7.11. The number of ketones is 1. The smallest absolute Gasteiger partial charge is 0.140 e. The van der Waals surface area contributed by atoms with Crippen molar-refractivity contribution in [3.05, 3.63) is 29.3 Å². The van der Waals surface area contributed by atoms with Gasteiger partial charge >= 0.3 is 0 Å². The highest BCUT2D eigenvalue weighted by Crippen LogP contribution is 2.34. The van der Waals surface area contributed by atoms with Gasteiger partial charge in [0.05, 0.1) is 7.11 Å². The summed E-state index contributed by atoms with van der Waals surface area (Å²) >= 11 is 0. The average Bonchev–Trinajstić information content (AvgIpc) is 2.47.